The first-order chi connectivity index (χ1) is 12.6. The number of methoxy groups -OCH3 is 1. The summed E-state index contributed by atoms with van der Waals surface area (Å²) in [4.78, 5) is 26.4. The Morgan fingerprint density at radius 2 is 1.96 bits per heavy atom. The molecule has 8 heteroatoms. The van der Waals surface area contributed by atoms with Crippen LogP contribution in [0.1, 0.15) is 36.5 Å². The van der Waals surface area contributed by atoms with Crippen molar-refractivity contribution in [1.82, 2.24) is 15.5 Å². The Labute approximate surface area is 167 Å². The van der Waals surface area contributed by atoms with Crippen LogP contribution in [0.25, 0.3) is 0 Å². The number of hydrogen-bond donors (Lipinski definition) is 2. The normalized spacial score (nSPS) is 14.0. The molecular weight excluding hydrogens is 370 g/mol. The third-order valence-electron chi connectivity index (χ3n) is 4.52. The number of carbonyl (C=O) groups is 2. The van der Waals surface area contributed by atoms with Crippen molar-refractivity contribution in [3.8, 4) is 11.5 Å². The van der Waals surface area contributed by atoms with Crippen LogP contribution in [0, 0.1) is 0 Å². The van der Waals surface area contributed by atoms with Gasteiger partial charge in [0.1, 0.15) is 0 Å². The summed E-state index contributed by atoms with van der Waals surface area (Å²) in [5.74, 6) is 0.667. The van der Waals surface area contributed by atoms with E-state index in [0.29, 0.717) is 17.1 Å². The van der Waals surface area contributed by atoms with Crippen LogP contribution < -0.4 is 20.1 Å². The van der Waals surface area contributed by atoms with Crippen molar-refractivity contribution in [1.29, 1.82) is 0 Å². The molecule has 0 saturated carbocycles. The average molecular weight is 400 g/mol. The molecular formula is C19H30ClN3O4. The van der Waals surface area contributed by atoms with Crippen molar-refractivity contribution in [2.45, 2.75) is 32.2 Å². The number of nitrogens with one attached hydrogen (secondary N) is 2. The zero-order valence-electron chi connectivity index (χ0n) is 16.2. The maximum absolute atomic E-state index is 13.1. The summed E-state index contributed by atoms with van der Waals surface area (Å²) in [6.45, 7) is 4.59. The fourth-order valence-corrected chi connectivity index (χ4v) is 3.11. The lowest BCUT2D eigenvalue weighted by molar-refractivity contribution is -0.122. The third kappa shape index (κ3) is 6.29. The highest BCUT2D eigenvalue weighted by atomic mass is 35.5. The first-order valence-corrected chi connectivity index (χ1v) is 9.13. The molecule has 0 radical (unpaired) electrons. The third-order valence-corrected chi connectivity index (χ3v) is 4.52. The summed E-state index contributed by atoms with van der Waals surface area (Å²) in [7, 11) is 3.07. The molecule has 0 unspecified atom stereocenters. The van der Waals surface area contributed by atoms with Crippen molar-refractivity contribution < 1.29 is 19.1 Å². The first-order valence-electron chi connectivity index (χ1n) is 9.13. The minimum atomic E-state index is -0.229. The highest BCUT2D eigenvalue weighted by molar-refractivity contribution is 5.95. The molecule has 2 N–H and O–H groups in total. The molecule has 27 heavy (non-hydrogen) atoms. The zero-order chi connectivity index (χ0) is 18.9. The molecule has 1 aliphatic heterocycles. The maximum atomic E-state index is 13.1. The second kappa shape index (κ2) is 11.7. The molecule has 1 heterocycles. The van der Waals surface area contributed by atoms with E-state index in [9.17, 15) is 9.59 Å². The maximum Gasteiger partial charge on any atom is 0.257 e. The molecule has 1 aromatic carbocycles. The Kier molecular flexibility index (Phi) is 9.96. The molecule has 2 amide bonds. The van der Waals surface area contributed by atoms with Gasteiger partial charge in [0.2, 0.25) is 0 Å². The molecule has 2 rings (SSSR count). The van der Waals surface area contributed by atoms with E-state index in [-0.39, 0.29) is 36.9 Å². The molecule has 152 valence electrons. The van der Waals surface area contributed by atoms with Crippen molar-refractivity contribution >= 4 is 24.2 Å². The van der Waals surface area contributed by atoms with Gasteiger partial charge in [-0.3, -0.25) is 9.59 Å². The number of ether oxygens (including phenoxy) is 2. The van der Waals surface area contributed by atoms with E-state index in [0.717, 1.165) is 38.9 Å². The second-order valence-corrected chi connectivity index (χ2v) is 6.31. The number of rotatable bonds is 8. The van der Waals surface area contributed by atoms with Gasteiger partial charge in [-0.25, -0.2) is 0 Å². The van der Waals surface area contributed by atoms with E-state index < -0.39 is 0 Å². The summed E-state index contributed by atoms with van der Waals surface area (Å²) in [5, 5.41) is 5.83. The minimum absolute atomic E-state index is 0. The SMILES string of the molecule is CCCN(C(=O)c1ccc(OCC(=O)NC)c(OC)c1)C1CCNCC1.Cl. The Hall–Kier alpha value is -1.99. The van der Waals surface area contributed by atoms with Crippen LogP contribution in [-0.2, 0) is 4.79 Å². The van der Waals surface area contributed by atoms with E-state index in [4.69, 9.17) is 9.47 Å². The molecule has 1 aromatic rings. The Bertz CT molecular complexity index is 621. The van der Waals surface area contributed by atoms with E-state index in [1.807, 2.05) is 4.90 Å². The van der Waals surface area contributed by atoms with Gasteiger partial charge < -0.3 is 25.0 Å². The standard InChI is InChI=1S/C19H29N3O4.ClH/c1-4-11-22(15-7-9-21-10-8-15)19(24)14-5-6-16(17(12-14)25-3)26-13-18(23)20-2;/h5-6,12,15,21H,4,7-11,13H2,1-3H3,(H,20,23);1H. The quantitative estimate of drug-likeness (QED) is 0.697. The van der Waals surface area contributed by atoms with Gasteiger partial charge >= 0.3 is 0 Å². The number of hydrogen-bond acceptors (Lipinski definition) is 5. The predicted octanol–water partition coefficient (Wildman–Crippen LogP) is 1.85. The van der Waals surface area contributed by atoms with E-state index >= 15 is 0 Å². The highest BCUT2D eigenvalue weighted by Crippen LogP contribution is 2.29. The minimum Gasteiger partial charge on any atom is -0.493 e. The van der Waals surface area contributed by atoms with Gasteiger partial charge in [0.25, 0.3) is 11.8 Å². The predicted molar refractivity (Wildman–Crippen MR) is 107 cm³/mol. The van der Waals surface area contributed by atoms with Gasteiger partial charge in [0.15, 0.2) is 18.1 Å². The lowest BCUT2D eigenvalue weighted by Crippen LogP contribution is -2.46. The van der Waals surface area contributed by atoms with E-state index in [2.05, 4.69) is 17.6 Å². The number of benzene rings is 1. The molecule has 7 nitrogen and oxygen atoms in total. The summed E-state index contributed by atoms with van der Waals surface area (Å²) < 4.78 is 10.8. The lowest BCUT2D eigenvalue weighted by atomic mass is 10.0. The average Bonchev–Trinajstić information content (AvgIpc) is 2.70. The molecule has 0 aliphatic carbocycles. The number of carbonyl (C=O) groups excluding carboxylic acids is 2. The number of piperidine rings is 1. The van der Waals surface area contributed by atoms with Gasteiger partial charge in [-0.15, -0.1) is 12.4 Å². The number of halogens is 1. The fraction of sp³-hybridized carbons (Fsp3) is 0.579. The molecule has 1 saturated heterocycles. The van der Waals surface area contributed by atoms with Crippen molar-refractivity contribution in [3.05, 3.63) is 23.8 Å². The number of nitrogens with zero attached hydrogens (tertiary/aromatic N) is 1. The van der Waals surface area contributed by atoms with Crippen molar-refractivity contribution in [2.24, 2.45) is 0 Å². The first kappa shape index (κ1) is 23.0. The summed E-state index contributed by atoms with van der Waals surface area (Å²) in [5.41, 5.74) is 0.570. The molecule has 0 spiro atoms. The highest BCUT2D eigenvalue weighted by Gasteiger charge is 2.26. The van der Waals surface area contributed by atoms with E-state index in [1.54, 1.807) is 25.2 Å². The fourth-order valence-electron chi connectivity index (χ4n) is 3.11. The van der Waals surface area contributed by atoms with Crippen LogP contribution >= 0.6 is 12.4 Å². The number of likely N-dealkylation sites (N-methyl/N-ethyl adjacent to an activating group) is 1. The molecule has 0 atom stereocenters. The summed E-state index contributed by atoms with van der Waals surface area (Å²) in [6.07, 6.45) is 2.85. The largest absolute Gasteiger partial charge is 0.493 e. The monoisotopic (exact) mass is 399 g/mol. The van der Waals surface area contributed by atoms with Gasteiger partial charge in [-0.2, -0.15) is 0 Å². The van der Waals surface area contributed by atoms with Gasteiger partial charge in [0.05, 0.1) is 7.11 Å². The van der Waals surface area contributed by atoms with Crippen molar-refractivity contribution in [2.75, 3.05) is 40.4 Å². The molecule has 0 aromatic heterocycles. The Balaban J connectivity index is 0.00000364. The Morgan fingerprint density at radius 3 is 2.56 bits per heavy atom. The van der Waals surface area contributed by atoms with E-state index in [1.165, 1.54) is 7.11 Å². The summed E-state index contributed by atoms with van der Waals surface area (Å²) >= 11 is 0. The molecule has 1 fully saturated rings. The van der Waals surface area contributed by atoms with Crippen LogP contribution in [0.3, 0.4) is 0 Å². The summed E-state index contributed by atoms with van der Waals surface area (Å²) in [6, 6.07) is 5.36. The Morgan fingerprint density at radius 1 is 1.26 bits per heavy atom. The van der Waals surface area contributed by atoms with Crippen LogP contribution in [0.2, 0.25) is 0 Å². The van der Waals surface area contributed by atoms with Crippen molar-refractivity contribution in [3.63, 3.8) is 0 Å². The second-order valence-electron chi connectivity index (χ2n) is 6.31. The smallest absolute Gasteiger partial charge is 0.257 e. The van der Waals surface area contributed by atoms with Gasteiger partial charge in [-0.1, -0.05) is 6.92 Å². The van der Waals surface area contributed by atoms with Gasteiger partial charge in [-0.05, 0) is 50.6 Å². The van der Waals surface area contributed by atoms with Crippen LogP contribution in [0.4, 0.5) is 0 Å². The van der Waals surface area contributed by atoms with Gasteiger partial charge in [0, 0.05) is 25.2 Å². The van der Waals surface area contributed by atoms with Crippen LogP contribution in [-0.4, -0.2) is 63.2 Å². The molecule has 0 bridgehead atoms. The topological polar surface area (TPSA) is 79.9 Å². The zero-order valence-corrected chi connectivity index (χ0v) is 17.1. The van der Waals surface area contributed by atoms with Crippen LogP contribution in [0.15, 0.2) is 18.2 Å². The lowest BCUT2D eigenvalue weighted by Gasteiger charge is -2.34. The molecule has 1 aliphatic rings. The number of amides is 2. The van der Waals surface area contributed by atoms with Crippen LogP contribution in [0.5, 0.6) is 11.5 Å².